The molecule has 3 heterocycles. The fourth-order valence-corrected chi connectivity index (χ4v) is 3.92. The molecular formula is C20H24N8O. The van der Waals surface area contributed by atoms with E-state index in [2.05, 4.69) is 32.6 Å². The van der Waals surface area contributed by atoms with Crippen LogP contribution in [-0.4, -0.2) is 48.6 Å². The molecule has 1 aliphatic carbocycles. The van der Waals surface area contributed by atoms with Crippen molar-refractivity contribution in [3.05, 3.63) is 47.6 Å². The highest BCUT2D eigenvalue weighted by molar-refractivity contribution is 5.75. The lowest BCUT2D eigenvalue weighted by molar-refractivity contribution is 0.320. The van der Waals surface area contributed by atoms with Crippen LogP contribution >= 0.6 is 0 Å². The van der Waals surface area contributed by atoms with Crippen molar-refractivity contribution in [2.45, 2.75) is 50.6 Å². The van der Waals surface area contributed by atoms with Crippen LogP contribution in [0.2, 0.25) is 0 Å². The van der Waals surface area contributed by atoms with E-state index in [9.17, 15) is 0 Å². The molecule has 1 atom stereocenters. The Labute approximate surface area is 168 Å². The summed E-state index contributed by atoms with van der Waals surface area (Å²) in [5.74, 6) is 1.89. The van der Waals surface area contributed by atoms with Gasteiger partial charge in [-0.2, -0.15) is 4.98 Å². The summed E-state index contributed by atoms with van der Waals surface area (Å²) in [5, 5.41) is 20.3. The second-order valence-electron chi connectivity index (χ2n) is 7.90. The first-order valence-corrected chi connectivity index (χ1v) is 10.1. The van der Waals surface area contributed by atoms with Crippen LogP contribution in [0.15, 0.2) is 35.0 Å². The smallest absolute Gasteiger partial charge is 0.229 e. The van der Waals surface area contributed by atoms with E-state index < -0.39 is 0 Å². The van der Waals surface area contributed by atoms with Crippen LogP contribution in [0, 0.1) is 5.41 Å². The number of nitrogens with zero attached hydrogens (tertiary/aromatic N) is 6. The number of nitrogens with two attached hydrogens (primary N) is 1. The number of aromatic nitrogens is 5. The summed E-state index contributed by atoms with van der Waals surface area (Å²) in [6, 6.07) is 8.27. The summed E-state index contributed by atoms with van der Waals surface area (Å²) in [7, 11) is 0. The van der Waals surface area contributed by atoms with Crippen LogP contribution in [0.4, 0.5) is 0 Å². The Morgan fingerprint density at radius 2 is 2.03 bits per heavy atom. The first-order chi connectivity index (χ1) is 14.2. The van der Waals surface area contributed by atoms with Gasteiger partial charge in [0.1, 0.15) is 0 Å². The van der Waals surface area contributed by atoms with E-state index in [-0.39, 0.29) is 12.0 Å². The fourth-order valence-electron chi connectivity index (χ4n) is 3.92. The minimum atomic E-state index is 0.111. The van der Waals surface area contributed by atoms with Gasteiger partial charge in [0.25, 0.3) is 0 Å². The molecule has 9 nitrogen and oxygen atoms in total. The lowest BCUT2D eigenvalue weighted by Gasteiger charge is -2.23. The molecule has 2 fully saturated rings. The maximum absolute atomic E-state index is 7.68. The van der Waals surface area contributed by atoms with Gasteiger partial charge in [-0.05, 0) is 31.2 Å². The summed E-state index contributed by atoms with van der Waals surface area (Å²) in [4.78, 5) is 6.44. The normalized spacial score (nSPS) is 19.0. The number of guanidine groups is 1. The SMILES string of the molecule is N=C(N)N1CCC[C@H]1Cc1nc(-c2ccc(Cn3cc(C4CC4)nn3)cc2)no1. The molecule has 3 N–H and O–H groups in total. The van der Waals surface area contributed by atoms with Crippen molar-refractivity contribution in [1.82, 2.24) is 30.0 Å². The molecule has 2 aliphatic rings. The molecule has 0 radical (unpaired) electrons. The zero-order valence-electron chi connectivity index (χ0n) is 16.2. The minimum absolute atomic E-state index is 0.111. The van der Waals surface area contributed by atoms with E-state index in [1.165, 1.54) is 12.8 Å². The second kappa shape index (κ2) is 7.31. The summed E-state index contributed by atoms with van der Waals surface area (Å²) in [5.41, 5.74) is 8.82. The molecule has 1 aliphatic heterocycles. The summed E-state index contributed by atoms with van der Waals surface area (Å²) >= 11 is 0. The average Bonchev–Trinajstić information content (AvgIpc) is 3.09. The van der Waals surface area contributed by atoms with Gasteiger partial charge in [0.05, 0.1) is 12.2 Å². The number of hydrogen-bond acceptors (Lipinski definition) is 6. The maximum atomic E-state index is 7.68. The molecule has 0 bridgehead atoms. The summed E-state index contributed by atoms with van der Waals surface area (Å²) in [6.07, 6.45) is 7.13. The van der Waals surface area contributed by atoms with Crippen molar-refractivity contribution in [2.24, 2.45) is 5.73 Å². The number of likely N-dealkylation sites (tertiary alicyclic amines) is 1. The predicted molar refractivity (Wildman–Crippen MR) is 106 cm³/mol. The Balaban J connectivity index is 1.23. The van der Waals surface area contributed by atoms with Crippen molar-refractivity contribution in [2.75, 3.05) is 6.54 Å². The van der Waals surface area contributed by atoms with Gasteiger partial charge in [0, 0.05) is 36.7 Å². The summed E-state index contributed by atoms with van der Waals surface area (Å²) in [6.45, 7) is 1.51. The number of hydrogen-bond donors (Lipinski definition) is 2. The van der Waals surface area contributed by atoms with Crippen molar-refractivity contribution >= 4 is 5.96 Å². The molecule has 5 rings (SSSR count). The molecular weight excluding hydrogens is 368 g/mol. The maximum Gasteiger partial charge on any atom is 0.229 e. The highest BCUT2D eigenvalue weighted by atomic mass is 16.5. The molecule has 150 valence electrons. The lowest BCUT2D eigenvalue weighted by atomic mass is 10.1. The molecule has 1 saturated heterocycles. The molecule has 9 heteroatoms. The molecule has 1 aromatic carbocycles. The Bertz CT molecular complexity index is 1000. The van der Waals surface area contributed by atoms with E-state index in [0.717, 1.165) is 36.2 Å². The molecule has 29 heavy (non-hydrogen) atoms. The minimum Gasteiger partial charge on any atom is -0.370 e. The lowest BCUT2D eigenvalue weighted by Crippen LogP contribution is -2.41. The monoisotopic (exact) mass is 392 g/mol. The van der Waals surface area contributed by atoms with Crippen molar-refractivity contribution < 1.29 is 4.52 Å². The van der Waals surface area contributed by atoms with Crippen LogP contribution < -0.4 is 5.73 Å². The Hall–Kier alpha value is -3.23. The number of nitrogens with one attached hydrogen (secondary N) is 1. The molecule has 0 spiro atoms. The van der Waals surface area contributed by atoms with Gasteiger partial charge < -0.3 is 15.2 Å². The molecule has 2 aromatic heterocycles. The zero-order valence-corrected chi connectivity index (χ0v) is 16.2. The van der Waals surface area contributed by atoms with Crippen LogP contribution in [0.1, 0.15) is 48.7 Å². The van der Waals surface area contributed by atoms with Gasteiger partial charge in [0.2, 0.25) is 11.7 Å². The van der Waals surface area contributed by atoms with Crippen LogP contribution in [-0.2, 0) is 13.0 Å². The molecule has 1 saturated carbocycles. The van der Waals surface area contributed by atoms with Crippen LogP contribution in [0.25, 0.3) is 11.4 Å². The number of benzene rings is 1. The Morgan fingerprint density at radius 1 is 1.21 bits per heavy atom. The van der Waals surface area contributed by atoms with Crippen LogP contribution in [0.5, 0.6) is 0 Å². The van der Waals surface area contributed by atoms with E-state index in [1.54, 1.807) is 0 Å². The van der Waals surface area contributed by atoms with E-state index in [4.69, 9.17) is 15.7 Å². The average molecular weight is 392 g/mol. The van der Waals surface area contributed by atoms with Crippen molar-refractivity contribution in [3.8, 4) is 11.4 Å². The second-order valence-corrected chi connectivity index (χ2v) is 7.90. The van der Waals surface area contributed by atoms with Crippen molar-refractivity contribution in [1.29, 1.82) is 5.41 Å². The summed E-state index contributed by atoms with van der Waals surface area (Å²) < 4.78 is 7.33. The van der Waals surface area contributed by atoms with Gasteiger partial charge in [-0.3, -0.25) is 5.41 Å². The van der Waals surface area contributed by atoms with E-state index in [0.29, 0.717) is 30.6 Å². The van der Waals surface area contributed by atoms with Gasteiger partial charge in [-0.1, -0.05) is 34.6 Å². The van der Waals surface area contributed by atoms with Gasteiger partial charge >= 0.3 is 0 Å². The first-order valence-electron chi connectivity index (χ1n) is 10.1. The van der Waals surface area contributed by atoms with Crippen molar-refractivity contribution in [3.63, 3.8) is 0 Å². The standard InChI is InChI=1S/C20H24N8O/c21-20(22)28-9-1-2-16(28)10-18-23-19(25-29-18)15-5-3-13(4-6-15)11-27-12-17(24-26-27)14-7-8-14/h3-6,12,14,16H,1-2,7-11H2,(H3,21,22)/t16-/m0/s1. The Morgan fingerprint density at radius 3 is 2.79 bits per heavy atom. The van der Waals surface area contributed by atoms with Gasteiger partial charge in [-0.25, -0.2) is 4.68 Å². The van der Waals surface area contributed by atoms with E-state index in [1.807, 2.05) is 27.9 Å². The zero-order chi connectivity index (χ0) is 19.8. The first kappa shape index (κ1) is 17.8. The highest BCUT2D eigenvalue weighted by Crippen LogP contribution is 2.38. The quantitative estimate of drug-likeness (QED) is 0.487. The fraction of sp³-hybridized carbons (Fsp3) is 0.450. The Kier molecular flexibility index (Phi) is 4.49. The molecule has 3 aromatic rings. The van der Waals surface area contributed by atoms with Crippen LogP contribution in [0.3, 0.4) is 0 Å². The third-order valence-electron chi connectivity index (χ3n) is 5.67. The van der Waals surface area contributed by atoms with E-state index >= 15 is 0 Å². The highest BCUT2D eigenvalue weighted by Gasteiger charge is 2.28. The third kappa shape index (κ3) is 3.85. The topological polar surface area (TPSA) is 123 Å². The third-order valence-corrected chi connectivity index (χ3v) is 5.67. The predicted octanol–water partition coefficient (Wildman–Crippen LogP) is 2.15. The molecule has 0 amide bonds. The largest absolute Gasteiger partial charge is 0.370 e. The van der Waals surface area contributed by atoms with Gasteiger partial charge in [-0.15, -0.1) is 5.10 Å². The molecule has 0 unspecified atom stereocenters. The number of rotatable bonds is 6. The van der Waals surface area contributed by atoms with Gasteiger partial charge in [0.15, 0.2) is 5.96 Å².